The smallest absolute Gasteiger partial charge is 0.293 e. The van der Waals surface area contributed by atoms with Gasteiger partial charge in [0.1, 0.15) is 5.75 Å². The summed E-state index contributed by atoms with van der Waals surface area (Å²) in [5.41, 5.74) is 3.25. The molecule has 2 aromatic carbocycles. The Morgan fingerprint density at radius 3 is 2.38 bits per heavy atom. The number of amides is 2. The summed E-state index contributed by atoms with van der Waals surface area (Å²) >= 11 is 2.60. The van der Waals surface area contributed by atoms with Gasteiger partial charge >= 0.3 is 0 Å². The average Bonchev–Trinajstić information content (AvgIpc) is 3.29. The fourth-order valence-corrected chi connectivity index (χ4v) is 4.84. The molecule has 2 heterocycles. The van der Waals surface area contributed by atoms with Crippen LogP contribution in [0.15, 0.2) is 65.6 Å². The zero-order valence-electron chi connectivity index (χ0n) is 16.0. The van der Waals surface area contributed by atoms with Gasteiger partial charge in [0.2, 0.25) is 0 Å². The van der Waals surface area contributed by atoms with Crippen molar-refractivity contribution in [2.75, 3.05) is 7.11 Å². The van der Waals surface area contributed by atoms with Gasteiger partial charge < -0.3 is 4.74 Å². The molecular weight excluding hydrogens is 402 g/mol. The van der Waals surface area contributed by atoms with Crippen LogP contribution in [0.3, 0.4) is 0 Å². The molecule has 3 aromatic rings. The highest BCUT2D eigenvalue weighted by Crippen LogP contribution is 2.36. The van der Waals surface area contributed by atoms with Crippen molar-refractivity contribution in [2.45, 2.75) is 13.5 Å². The number of benzene rings is 2. The van der Waals surface area contributed by atoms with Crippen molar-refractivity contribution in [1.29, 1.82) is 0 Å². The minimum Gasteiger partial charge on any atom is -0.497 e. The van der Waals surface area contributed by atoms with E-state index in [0.29, 0.717) is 4.91 Å². The number of carbonyl (C=O) groups excluding carboxylic acids is 2. The summed E-state index contributed by atoms with van der Waals surface area (Å²) in [6, 6.07) is 19.7. The van der Waals surface area contributed by atoms with E-state index in [-0.39, 0.29) is 17.7 Å². The maximum absolute atomic E-state index is 12.8. The summed E-state index contributed by atoms with van der Waals surface area (Å²) in [6.07, 6.45) is 1.81. The predicted octanol–water partition coefficient (Wildman–Crippen LogP) is 5.97. The lowest BCUT2D eigenvalue weighted by atomic mass is 10.1. The number of thioether (sulfide) groups is 1. The molecule has 0 radical (unpaired) electrons. The molecule has 4 rings (SSSR count). The maximum Gasteiger partial charge on any atom is 0.293 e. The molecule has 0 atom stereocenters. The van der Waals surface area contributed by atoms with Gasteiger partial charge in [-0.2, -0.15) is 0 Å². The average molecular weight is 422 g/mol. The minimum absolute atomic E-state index is 0.243. The third-order valence-corrected chi connectivity index (χ3v) is 6.60. The molecular formula is C23H19NO3S2. The molecule has 1 fully saturated rings. The number of rotatable bonds is 5. The molecule has 1 aromatic heterocycles. The number of methoxy groups -OCH3 is 1. The van der Waals surface area contributed by atoms with Gasteiger partial charge in [0.15, 0.2) is 0 Å². The van der Waals surface area contributed by atoms with Crippen molar-refractivity contribution in [3.05, 3.63) is 81.6 Å². The third-order valence-electron chi connectivity index (χ3n) is 4.61. The number of ether oxygens (including phenoxy) is 1. The normalized spacial score (nSPS) is 15.4. The summed E-state index contributed by atoms with van der Waals surface area (Å²) in [6.45, 7) is 2.32. The molecule has 0 spiro atoms. The number of aryl methyl sites for hydroxylation is 1. The molecule has 1 aliphatic heterocycles. The SMILES string of the molecule is COc1ccc(CN2C(=O)S/C(=C\c3ccc(-c4ccc(C)cc4)s3)C2=O)cc1. The molecule has 4 nitrogen and oxygen atoms in total. The summed E-state index contributed by atoms with van der Waals surface area (Å²) in [5.74, 6) is 0.492. The molecule has 0 saturated carbocycles. The number of thiophene rings is 1. The Bertz CT molecular complexity index is 1080. The number of hydrogen-bond donors (Lipinski definition) is 0. The summed E-state index contributed by atoms with van der Waals surface area (Å²) in [4.78, 5) is 29.0. The molecule has 0 unspecified atom stereocenters. The Morgan fingerprint density at radius 2 is 1.69 bits per heavy atom. The fraction of sp³-hybridized carbons (Fsp3) is 0.130. The first-order valence-electron chi connectivity index (χ1n) is 9.08. The van der Waals surface area contributed by atoms with Crippen LogP contribution in [0.2, 0.25) is 0 Å². The molecule has 0 N–H and O–H groups in total. The van der Waals surface area contributed by atoms with Gasteiger partial charge in [-0.3, -0.25) is 14.5 Å². The molecule has 146 valence electrons. The van der Waals surface area contributed by atoms with E-state index in [9.17, 15) is 9.59 Å². The predicted molar refractivity (Wildman–Crippen MR) is 119 cm³/mol. The zero-order valence-corrected chi connectivity index (χ0v) is 17.7. The van der Waals surface area contributed by atoms with Gasteiger partial charge in [-0.15, -0.1) is 11.3 Å². The molecule has 6 heteroatoms. The summed E-state index contributed by atoms with van der Waals surface area (Å²) in [7, 11) is 1.60. The Labute approximate surface area is 177 Å². The van der Waals surface area contributed by atoms with Crippen molar-refractivity contribution in [2.24, 2.45) is 0 Å². The largest absolute Gasteiger partial charge is 0.497 e. The van der Waals surface area contributed by atoms with Crippen LogP contribution in [-0.2, 0) is 11.3 Å². The third kappa shape index (κ3) is 4.28. The van der Waals surface area contributed by atoms with Gasteiger partial charge in [0.25, 0.3) is 11.1 Å². The van der Waals surface area contributed by atoms with E-state index in [4.69, 9.17) is 4.74 Å². The van der Waals surface area contributed by atoms with Gasteiger partial charge in [-0.1, -0.05) is 42.0 Å². The number of hydrogen-bond acceptors (Lipinski definition) is 5. The van der Waals surface area contributed by atoms with Crippen molar-refractivity contribution in [3.63, 3.8) is 0 Å². The Kier molecular flexibility index (Phi) is 5.56. The lowest BCUT2D eigenvalue weighted by Gasteiger charge is -2.12. The van der Waals surface area contributed by atoms with Crippen LogP contribution in [-0.4, -0.2) is 23.2 Å². The second-order valence-electron chi connectivity index (χ2n) is 6.68. The van der Waals surface area contributed by atoms with Crippen molar-refractivity contribution in [1.82, 2.24) is 4.90 Å². The van der Waals surface area contributed by atoms with E-state index in [1.165, 1.54) is 10.5 Å². The van der Waals surface area contributed by atoms with Crippen LogP contribution in [0.4, 0.5) is 4.79 Å². The Morgan fingerprint density at radius 1 is 0.966 bits per heavy atom. The van der Waals surface area contributed by atoms with Gasteiger partial charge in [0, 0.05) is 9.75 Å². The van der Waals surface area contributed by atoms with Crippen LogP contribution < -0.4 is 4.74 Å². The topological polar surface area (TPSA) is 46.6 Å². The van der Waals surface area contributed by atoms with E-state index in [2.05, 4.69) is 31.2 Å². The number of nitrogens with zero attached hydrogens (tertiary/aromatic N) is 1. The van der Waals surface area contributed by atoms with Crippen LogP contribution >= 0.6 is 23.1 Å². The quantitative estimate of drug-likeness (QED) is 0.476. The molecule has 1 aliphatic rings. The monoisotopic (exact) mass is 421 g/mol. The summed E-state index contributed by atoms with van der Waals surface area (Å²) in [5, 5.41) is -0.243. The first-order chi connectivity index (χ1) is 14.0. The molecule has 0 aliphatic carbocycles. The van der Waals surface area contributed by atoms with Crippen LogP contribution in [0.1, 0.15) is 16.0 Å². The summed E-state index contributed by atoms with van der Waals surface area (Å²) < 4.78 is 5.14. The fourth-order valence-electron chi connectivity index (χ4n) is 2.98. The van der Waals surface area contributed by atoms with Crippen molar-refractivity contribution >= 4 is 40.3 Å². The van der Waals surface area contributed by atoms with Crippen LogP contribution in [0.5, 0.6) is 5.75 Å². The van der Waals surface area contributed by atoms with Gasteiger partial charge in [0.05, 0.1) is 18.6 Å². The standard InChI is InChI=1S/C23H19NO3S2/c1-15-3-7-17(8-4-15)20-12-11-19(28-20)13-21-22(25)24(23(26)29-21)14-16-5-9-18(27-2)10-6-16/h3-13H,14H2,1-2H3/b21-13-. The van der Waals surface area contributed by atoms with Crippen LogP contribution in [0.25, 0.3) is 16.5 Å². The lowest BCUT2D eigenvalue weighted by Crippen LogP contribution is -2.27. The van der Waals surface area contributed by atoms with Gasteiger partial charge in [-0.25, -0.2) is 0 Å². The Hall–Kier alpha value is -2.83. The second kappa shape index (κ2) is 8.27. The first-order valence-corrected chi connectivity index (χ1v) is 10.7. The van der Waals surface area contributed by atoms with E-state index >= 15 is 0 Å². The highest BCUT2D eigenvalue weighted by Gasteiger charge is 2.35. The number of imide groups is 1. The molecule has 29 heavy (non-hydrogen) atoms. The lowest BCUT2D eigenvalue weighted by molar-refractivity contribution is -0.123. The Balaban J connectivity index is 1.50. The molecule has 0 bridgehead atoms. The first kappa shape index (κ1) is 19.5. The van der Waals surface area contributed by atoms with Crippen molar-refractivity contribution in [3.8, 4) is 16.2 Å². The van der Waals surface area contributed by atoms with Crippen LogP contribution in [0, 0.1) is 6.92 Å². The molecule has 1 saturated heterocycles. The highest BCUT2D eigenvalue weighted by atomic mass is 32.2. The van der Waals surface area contributed by atoms with E-state index < -0.39 is 0 Å². The van der Waals surface area contributed by atoms with Gasteiger partial charge in [-0.05, 0) is 60.2 Å². The second-order valence-corrected chi connectivity index (χ2v) is 8.79. The van der Waals surface area contributed by atoms with E-state index in [1.54, 1.807) is 24.5 Å². The van der Waals surface area contributed by atoms with E-state index in [1.807, 2.05) is 36.4 Å². The maximum atomic E-state index is 12.8. The zero-order chi connectivity index (χ0) is 20.4. The molecule has 2 amide bonds. The van der Waals surface area contributed by atoms with E-state index in [0.717, 1.165) is 38.4 Å². The minimum atomic E-state index is -0.249. The van der Waals surface area contributed by atoms with Crippen molar-refractivity contribution < 1.29 is 14.3 Å². The highest BCUT2D eigenvalue weighted by molar-refractivity contribution is 8.18. The number of carbonyl (C=O) groups is 2.